The van der Waals surface area contributed by atoms with E-state index in [9.17, 15) is 0 Å². The van der Waals surface area contributed by atoms with Gasteiger partial charge >= 0.3 is 23.2 Å². The van der Waals surface area contributed by atoms with Gasteiger partial charge in [-0.2, -0.15) is 0 Å². The second-order valence-corrected chi connectivity index (χ2v) is 0.506. The maximum absolute atomic E-state index is 8.56. The normalized spacial score (nSPS) is 4.80. The van der Waals surface area contributed by atoms with Crippen molar-refractivity contribution in [1.29, 1.82) is 0 Å². The Labute approximate surface area is 76.1 Å². The monoisotopic (exact) mass is 236 g/mol. The molecule has 0 heterocycles. The first-order valence-electron chi connectivity index (χ1n) is 1.20. The summed E-state index contributed by atoms with van der Waals surface area (Å²) in [5, 5.41) is 28.7. The molecule has 7 nitrogen and oxygen atoms in total. The molecule has 0 atom stereocenters. The third kappa shape index (κ3) is 1320. The van der Waals surface area contributed by atoms with E-state index in [4.69, 9.17) is 30.3 Å². The van der Waals surface area contributed by atoms with E-state index in [1.54, 1.807) is 0 Å². The Kier molecular flexibility index (Phi) is 35.9. The first kappa shape index (κ1) is 22.7. The Morgan fingerprint density at radius 3 is 1.30 bits per heavy atom. The summed E-state index contributed by atoms with van der Waals surface area (Å²) in [6, 6.07) is 0. The fraction of sp³-hybridized carbons (Fsp3) is 0. The molecule has 0 aromatic carbocycles. The predicted molar refractivity (Wildman–Crippen MR) is 21.0 cm³/mol. The molecule has 0 unspecified atom stereocenters. The quantitative estimate of drug-likeness (QED) is 0.345. The molecule has 0 aliphatic carbocycles. The molecule has 62 valence electrons. The van der Waals surface area contributed by atoms with Crippen LogP contribution in [-0.4, -0.2) is 21.5 Å². The standard InChI is InChI=1S/CH2O3.2Fe.NO3/c2-1(3)4;;;2-1(3)4/h(H2,2,3,4);;;/q;;+2;-1. The second kappa shape index (κ2) is 15.8. The number of carboxylic acid groups (broad SMARTS) is 2. The smallest absolute Gasteiger partial charge is 0.450 e. The van der Waals surface area contributed by atoms with Crippen molar-refractivity contribution < 1.29 is 54.2 Å². The van der Waals surface area contributed by atoms with Crippen LogP contribution in [0, 0.1) is 15.3 Å². The number of nitrogens with zero attached hydrogens (tertiary/aromatic N) is 1. The maximum Gasteiger partial charge on any atom is 2.00 e. The molecule has 0 aliphatic rings. The zero-order chi connectivity index (χ0) is 7.15. The fourth-order valence-corrected chi connectivity index (χ4v) is 0. The van der Waals surface area contributed by atoms with Gasteiger partial charge in [-0.15, -0.1) is 0 Å². The zero-order valence-corrected chi connectivity index (χ0v) is 6.39. The number of hydrogen-bond acceptors (Lipinski definition) is 4. The van der Waals surface area contributed by atoms with E-state index >= 15 is 0 Å². The summed E-state index contributed by atoms with van der Waals surface area (Å²) in [7, 11) is 0. The van der Waals surface area contributed by atoms with Crippen molar-refractivity contribution in [2.24, 2.45) is 0 Å². The van der Waals surface area contributed by atoms with Crippen molar-refractivity contribution in [3.05, 3.63) is 15.3 Å². The van der Waals surface area contributed by atoms with E-state index in [1.165, 1.54) is 0 Å². The molecule has 0 saturated carbocycles. The topological polar surface area (TPSA) is 124 Å². The Morgan fingerprint density at radius 2 is 1.30 bits per heavy atom. The Balaban J connectivity index is -0.0000000300. The van der Waals surface area contributed by atoms with Gasteiger partial charge in [-0.25, -0.2) is 4.79 Å². The molecule has 0 aliphatic heterocycles. The molecule has 0 amide bonds. The average Bonchev–Trinajstić information content (AvgIpc) is 1.25. The molecular weight excluding hydrogens is 234 g/mol. The molecule has 0 aromatic rings. The Morgan fingerprint density at radius 1 is 1.30 bits per heavy atom. The molecule has 9 heteroatoms. The summed E-state index contributed by atoms with van der Waals surface area (Å²) in [5.41, 5.74) is 0. The molecule has 0 spiro atoms. The summed E-state index contributed by atoms with van der Waals surface area (Å²) in [4.78, 5) is 16.8. The van der Waals surface area contributed by atoms with Crippen LogP contribution < -0.4 is 0 Å². The minimum atomic E-state index is -1.83. The number of hydrogen-bond donors (Lipinski definition) is 2. The molecule has 10 heavy (non-hydrogen) atoms. The molecule has 0 radical (unpaired) electrons. The van der Waals surface area contributed by atoms with Crippen molar-refractivity contribution in [3.63, 3.8) is 0 Å². The summed E-state index contributed by atoms with van der Waals surface area (Å²) >= 11 is 0. The van der Waals surface area contributed by atoms with E-state index in [2.05, 4.69) is 0 Å². The second-order valence-electron chi connectivity index (χ2n) is 0.506. The molecule has 0 rings (SSSR count). The number of carbonyl (C=O) groups is 1. The third-order valence-electron chi connectivity index (χ3n) is 0. The molecule has 0 aromatic heterocycles. The fourth-order valence-electron chi connectivity index (χ4n) is 0. The van der Waals surface area contributed by atoms with Gasteiger partial charge in [0.05, 0.1) is 5.09 Å². The van der Waals surface area contributed by atoms with Crippen molar-refractivity contribution in [1.82, 2.24) is 0 Å². The summed E-state index contributed by atoms with van der Waals surface area (Å²) in [5.74, 6) is 0. The van der Waals surface area contributed by atoms with E-state index in [0.29, 0.717) is 0 Å². The van der Waals surface area contributed by atoms with Gasteiger partial charge in [0.15, 0.2) is 0 Å². The third-order valence-corrected chi connectivity index (χ3v) is 0. The van der Waals surface area contributed by atoms with Gasteiger partial charge in [0, 0.05) is 17.1 Å². The van der Waals surface area contributed by atoms with Crippen LogP contribution in [0.1, 0.15) is 0 Å². The molecule has 0 bridgehead atoms. The minimum absolute atomic E-state index is 0. The van der Waals surface area contributed by atoms with Gasteiger partial charge < -0.3 is 25.5 Å². The van der Waals surface area contributed by atoms with Crippen LogP contribution in [0.2, 0.25) is 0 Å². The van der Waals surface area contributed by atoms with Crippen molar-refractivity contribution in [3.8, 4) is 0 Å². The van der Waals surface area contributed by atoms with Crippen molar-refractivity contribution in [2.75, 3.05) is 0 Å². The van der Waals surface area contributed by atoms with Crippen LogP contribution in [0.5, 0.6) is 0 Å². The first-order valence-corrected chi connectivity index (χ1v) is 1.20. The van der Waals surface area contributed by atoms with E-state index in [-0.39, 0.29) is 34.1 Å². The van der Waals surface area contributed by atoms with Crippen LogP contribution in [-0.2, 0) is 34.1 Å². The largest absolute Gasteiger partial charge is 2.00 e. The van der Waals surface area contributed by atoms with Crippen molar-refractivity contribution in [2.45, 2.75) is 0 Å². The SMILES string of the molecule is O=C(O)O.O=[N+]([O-])[O-].[Fe+2].[Fe]. The zero-order valence-electron chi connectivity index (χ0n) is 4.18. The van der Waals surface area contributed by atoms with Gasteiger partial charge in [0.25, 0.3) is 0 Å². The van der Waals surface area contributed by atoms with Crippen LogP contribution >= 0.6 is 0 Å². The molecule has 0 saturated heterocycles. The summed E-state index contributed by atoms with van der Waals surface area (Å²) in [6.07, 6.45) is -1.83. The first-order chi connectivity index (χ1) is 3.46. The van der Waals surface area contributed by atoms with Crippen LogP contribution in [0.15, 0.2) is 0 Å². The van der Waals surface area contributed by atoms with Gasteiger partial charge in [0.2, 0.25) is 0 Å². The van der Waals surface area contributed by atoms with E-state index in [1.807, 2.05) is 0 Å². The van der Waals surface area contributed by atoms with Crippen LogP contribution in [0.3, 0.4) is 0 Å². The summed E-state index contributed by atoms with van der Waals surface area (Å²) in [6.45, 7) is 0. The van der Waals surface area contributed by atoms with Crippen molar-refractivity contribution >= 4 is 6.16 Å². The van der Waals surface area contributed by atoms with E-state index < -0.39 is 11.2 Å². The van der Waals surface area contributed by atoms with Crippen LogP contribution in [0.4, 0.5) is 4.79 Å². The molecular formula is CH2Fe2NO6+. The van der Waals surface area contributed by atoms with Gasteiger partial charge in [0.1, 0.15) is 0 Å². The maximum atomic E-state index is 8.56. The predicted octanol–water partition coefficient (Wildman–Crippen LogP) is -0.0217. The van der Waals surface area contributed by atoms with Crippen LogP contribution in [0.25, 0.3) is 0 Å². The summed E-state index contributed by atoms with van der Waals surface area (Å²) < 4.78 is 0. The van der Waals surface area contributed by atoms with Gasteiger partial charge in [-0.3, -0.25) is 0 Å². The minimum Gasteiger partial charge on any atom is -0.450 e. The van der Waals surface area contributed by atoms with E-state index in [0.717, 1.165) is 0 Å². The van der Waals surface area contributed by atoms with Gasteiger partial charge in [-0.05, 0) is 0 Å². The van der Waals surface area contributed by atoms with Gasteiger partial charge in [-0.1, -0.05) is 0 Å². The molecule has 0 fully saturated rings. The average molecular weight is 236 g/mol. The Bertz CT molecular complexity index is 73.7. The number of rotatable bonds is 0. The molecule has 2 N–H and O–H groups in total. The Hall–Kier alpha value is -0.491.